The second kappa shape index (κ2) is 6.52. The van der Waals surface area contributed by atoms with Gasteiger partial charge in [-0.1, -0.05) is 11.3 Å². The van der Waals surface area contributed by atoms with E-state index in [1.807, 2.05) is 0 Å². The second-order valence-corrected chi connectivity index (χ2v) is 8.44. The molecule has 0 atom stereocenters. The van der Waals surface area contributed by atoms with Gasteiger partial charge < -0.3 is 11.1 Å². The van der Waals surface area contributed by atoms with Crippen molar-refractivity contribution >= 4 is 55.1 Å². The molecule has 11 heteroatoms. The van der Waals surface area contributed by atoms with Gasteiger partial charge in [-0.15, -0.1) is 11.3 Å². The minimum atomic E-state index is -3.75. The lowest BCUT2D eigenvalue weighted by molar-refractivity contribution is 0.104. The molecule has 8 nitrogen and oxygen atoms in total. The number of rotatable bonds is 5. The number of nitrogens with zero attached hydrogens (tertiary/aromatic N) is 2. The molecule has 5 N–H and O–H groups in total. The maximum atomic E-state index is 12.5. The average molecular weight is 395 g/mol. The lowest BCUT2D eigenvalue weighted by atomic mass is 10.2. The molecule has 0 amide bonds. The molecular weight excluding hydrogens is 382 g/mol. The van der Waals surface area contributed by atoms with Crippen LogP contribution in [0.1, 0.15) is 20.2 Å². The van der Waals surface area contributed by atoms with E-state index in [2.05, 4.69) is 15.3 Å². The number of ketones is 1. The number of sulfonamides is 1. The third kappa shape index (κ3) is 3.69. The van der Waals surface area contributed by atoms with Crippen LogP contribution in [-0.4, -0.2) is 24.2 Å². The van der Waals surface area contributed by atoms with Gasteiger partial charge in [0.2, 0.25) is 15.8 Å². The Labute approximate surface area is 151 Å². The predicted octanol–water partition coefficient (Wildman–Crippen LogP) is 2.11. The van der Waals surface area contributed by atoms with Crippen molar-refractivity contribution in [2.75, 3.05) is 11.1 Å². The van der Waals surface area contributed by atoms with Crippen molar-refractivity contribution in [1.82, 2.24) is 9.97 Å². The van der Waals surface area contributed by atoms with Crippen LogP contribution in [0.3, 0.4) is 0 Å². The van der Waals surface area contributed by atoms with Gasteiger partial charge in [-0.05, 0) is 31.2 Å². The first-order chi connectivity index (χ1) is 11.8. The lowest BCUT2D eigenvalue weighted by Gasteiger charge is -2.03. The van der Waals surface area contributed by atoms with Crippen LogP contribution in [0.2, 0.25) is 0 Å². The van der Waals surface area contributed by atoms with Gasteiger partial charge >= 0.3 is 0 Å². The molecule has 2 heterocycles. The number of anilines is 3. The summed E-state index contributed by atoms with van der Waals surface area (Å²) in [6, 6.07) is 5.85. The van der Waals surface area contributed by atoms with Gasteiger partial charge in [0, 0.05) is 5.69 Å². The Morgan fingerprint density at radius 2 is 1.88 bits per heavy atom. The smallest absolute Gasteiger partial charge is 0.238 e. The number of thiazole rings is 2. The first-order valence-electron chi connectivity index (χ1n) is 6.86. The van der Waals surface area contributed by atoms with Gasteiger partial charge in [-0.25, -0.2) is 23.5 Å². The van der Waals surface area contributed by atoms with E-state index in [1.165, 1.54) is 23.5 Å². The van der Waals surface area contributed by atoms with Crippen LogP contribution < -0.4 is 16.2 Å². The predicted molar refractivity (Wildman–Crippen MR) is 97.9 cm³/mol. The normalized spacial score (nSPS) is 11.4. The second-order valence-electron chi connectivity index (χ2n) is 5.02. The van der Waals surface area contributed by atoms with Gasteiger partial charge in [0.05, 0.1) is 21.0 Å². The number of primary sulfonamides is 1. The summed E-state index contributed by atoms with van der Waals surface area (Å²) in [5.41, 5.74) is 8.70. The summed E-state index contributed by atoms with van der Waals surface area (Å²) in [4.78, 5) is 21.6. The van der Waals surface area contributed by atoms with E-state index in [-0.39, 0.29) is 16.5 Å². The van der Waals surface area contributed by atoms with E-state index in [9.17, 15) is 13.2 Å². The Morgan fingerprint density at radius 3 is 2.44 bits per heavy atom. The maximum Gasteiger partial charge on any atom is 0.238 e. The summed E-state index contributed by atoms with van der Waals surface area (Å²) in [6.07, 6.45) is 0. The summed E-state index contributed by atoms with van der Waals surface area (Å²) >= 11 is 2.37. The molecule has 130 valence electrons. The number of hydrogen-bond acceptors (Lipinski definition) is 9. The topological polar surface area (TPSA) is 141 Å². The zero-order valence-corrected chi connectivity index (χ0v) is 15.3. The molecule has 0 aliphatic rings. The van der Waals surface area contributed by atoms with Gasteiger partial charge in [0.25, 0.3) is 0 Å². The largest absolute Gasteiger partial charge is 0.382 e. The first-order valence-corrected chi connectivity index (χ1v) is 10.1. The van der Waals surface area contributed by atoms with E-state index in [0.717, 1.165) is 11.3 Å². The molecule has 2 aromatic heterocycles. The molecule has 0 aliphatic heterocycles. The van der Waals surface area contributed by atoms with Gasteiger partial charge in [0.1, 0.15) is 10.7 Å². The Morgan fingerprint density at radius 1 is 1.20 bits per heavy atom. The van der Waals surface area contributed by atoms with Crippen molar-refractivity contribution in [3.8, 4) is 0 Å². The maximum absolute atomic E-state index is 12.5. The number of carbonyl (C=O) groups excluding carboxylic acids is 1. The molecular formula is C14H13N5O3S3. The fourth-order valence-corrected chi connectivity index (χ4v) is 4.20. The van der Waals surface area contributed by atoms with E-state index < -0.39 is 10.0 Å². The number of nitrogens with one attached hydrogen (secondary N) is 1. The molecule has 0 saturated carbocycles. The summed E-state index contributed by atoms with van der Waals surface area (Å²) in [7, 11) is -3.75. The molecule has 0 radical (unpaired) electrons. The number of hydrogen-bond donors (Lipinski definition) is 3. The van der Waals surface area contributed by atoms with Crippen molar-refractivity contribution in [2.24, 2.45) is 5.14 Å². The van der Waals surface area contributed by atoms with Gasteiger partial charge in [0.15, 0.2) is 5.13 Å². The summed E-state index contributed by atoms with van der Waals surface area (Å²) in [6.45, 7) is 1.76. The number of aromatic nitrogens is 2. The third-order valence-electron chi connectivity index (χ3n) is 3.25. The zero-order chi connectivity index (χ0) is 18.2. The van der Waals surface area contributed by atoms with Crippen molar-refractivity contribution in [1.29, 1.82) is 0 Å². The van der Waals surface area contributed by atoms with Crippen LogP contribution >= 0.6 is 22.7 Å². The Balaban J connectivity index is 1.83. The molecule has 0 saturated heterocycles. The lowest BCUT2D eigenvalue weighted by Crippen LogP contribution is -2.11. The number of aryl methyl sites for hydroxylation is 1. The summed E-state index contributed by atoms with van der Waals surface area (Å²) in [5.74, 6) is -0.0842. The molecule has 3 rings (SSSR count). The van der Waals surface area contributed by atoms with E-state index in [4.69, 9.17) is 10.9 Å². The average Bonchev–Trinajstić information content (AvgIpc) is 3.12. The standard InChI is InChI=1S/C14H13N5O3S3/c1-7-11(23-6-17-7)10(20)12-13(15)19-14(24-12)18-8-2-4-9(5-3-8)25(16,21)22/h2-6H,15H2,1H3,(H,18,19)(H2,16,21,22). The molecule has 1 aromatic carbocycles. The van der Waals surface area contributed by atoms with Crippen LogP contribution in [0.5, 0.6) is 0 Å². The van der Waals surface area contributed by atoms with E-state index in [0.29, 0.717) is 26.3 Å². The Bertz CT molecular complexity index is 1040. The summed E-state index contributed by atoms with van der Waals surface area (Å²) in [5, 5.41) is 8.47. The van der Waals surface area contributed by atoms with Crippen LogP contribution in [0.4, 0.5) is 16.6 Å². The molecule has 3 aromatic rings. The molecule has 0 bridgehead atoms. The Kier molecular flexibility index (Phi) is 4.56. The van der Waals surface area contributed by atoms with Crippen molar-refractivity contribution in [3.05, 3.63) is 45.2 Å². The highest BCUT2D eigenvalue weighted by molar-refractivity contribution is 7.89. The number of benzene rings is 1. The molecule has 0 aliphatic carbocycles. The Hall–Kier alpha value is -2.34. The monoisotopic (exact) mass is 395 g/mol. The van der Waals surface area contributed by atoms with Gasteiger partial charge in [-0.3, -0.25) is 4.79 Å². The number of nitrogen functional groups attached to an aromatic ring is 1. The fraction of sp³-hybridized carbons (Fsp3) is 0.0714. The highest BCUT2D eigenvalue weighted by Gasteiger charge is 2.21. The first kappa shape index (κ1) is 17.5. The van der Waals surface area contributed by atoms with E-state index in [1.54, 1.807) is 24.6 Å². The van der Waals surface area contributed by atoms with Gasteiger partial charge in [-0.2, -0.15) is 0 Å². The molecule has 0 fully saturated rings. The molecule has 25 heavy (non-hydrogen) atoms. The number of nitrogens with two attached hydrogens (primary N) is 2. The van der Waals surface area contributed by atoms with Crippen LogP contribution in [0, 0.1) is 6.92 Å². The zero-order valence-electron chi connectivity index (χ0n) is 12.9. The minimum absolute atomic E-state index is 0.00763. The highest BCUT2D eigenvalue weighted by atomic mass is 32.2. The fourth-order valence-electron chi connectivity index (χ4n) is 2.02. The van der Waals surface area contributed by atoms with Crippen LogP contribution in [-0.2, 0) is 10.0 Å². The summed E-state index contributed by atoms with van der Waals surface area (Å²) < 4.78 is 22.5. The molecule has 0 spiro atoms. The SMILES string of the molecule is Cc1ncsc1C(=O)c1sc(Nc2ccc(S(N)(=O)=O)cc2)nc1N. The van der Waals surface area contributed by atoms with Crippen LogP contribution in [0.15, 0.2) is 34.7 Å². The quantitative estimate of drug-likeness (QED) is 0.562. The highest BCUT2D eigenvalue weighted by Crippen LogP contribution is 2.31. The van der Waals surface area contributed by atoms with Crippen molar-refractivity contribution in [3.63, 3.8) is 0 Å². The van der Waals surface area contributed by atoms with Crippen molar-refractivity contribution < 1.29 is 13.2 Å². The van der Waals surface area contributed by atoms with Crippen LogP contribution in [0.25, 0.3) is 0 Å². The number of carbonyl (C=O) groups is 1. The van der Waals surface area contributed by atoms with Crippen molar-refractivity contribution in [2.45, 2.75) is 11.8 Å². The minimum Gasteiger partial charge on any atom is -0.382 e. The molecule has 0 unspecified atom stereocenters. The third-order valence-corrected chi connectivity index (χ3v) is 6.09. The van der Waals surface area contributed by atoms with E-state index >= 15 is 0 Å².